The van der Waals surface area contributed by atoms with Crippen LogP contribution in [-0.4, -0.2) is 23.8 Å². The first-order valence-electron chi connectivity index (χ1n) is 5.18. The van der Waals surface area contributed by atoms with Crippen molar-refractivity contribution in [1.29, 1.82) is 0 Å². The maximum atomic E-state index is 10.9. The summed E-state index contributed by atoms with van der Waals surface area (Å²) in [4.78, 5) is 12.1. The molecule has 1 heterocycles. The number of hydrogen-bond acceptors (Lipinski definition) is 2. The molecule has 1 aliphatic heterocycles. The topological polar surface area (TPSA) is 49.8 Å². The van der Waals surface area contributed by atoms with Gasteiger partial charge in [-0.15, -0.1) is 0 Å². The molecule has 2 rings (SSSR count). The van der Waals surface area contributed by atoms with Crippen LogP contribution in [0, 0.1) is 0 Å². The van der Waals surface area contributed by atoms with E-state index in [1.807, 2.05) is 26.0 Å². The van der Waals surface area contributed by atoms with Crippen molar-refractivity contribution in [3.05, 3.63) is 23.8 Å². The molecule has 0 atom stereocenters. The summed E-state index contributed by atoms with van der Waals surface area (Å²) in [5, 5.41) is 8.97. The third kappa shape index (κ3) is 1.71. The first-order valence-corrected chi connectivity index (χ1v) is 5.18. The van der Waals surface area contributed by atoms with Gasteiger partial charge in [0.15, 0.2) is 0 Å². The number of hydrogen-bond donors (Lipinski definition) is 1. The first-order chi connectivity index (χ1) is 7.41. The molecule has 0 radical (unpaired) electrons. The van der Waals surface area contributed by atoms with Gasteiger partial charge in [0.05, 0.1) is 5.69 Å². The highest BCUT2D eigenvalue weighted by Gasteiger charge is 2.33. The summed E-state index contributed by atoms with van der Waals surface area (Å²) < 4.78 is 5.79. The smallest absolute Gasteiger partial charge is 0.411 e. The molecule has 1 amide bonds. The van der Waals surface area contributed by atoms with Crippen LogP contribution in [0.4, 0.5) is 10.5 Å². The fraction of sp³-hybridized carbons (Fsp3) is 0.417. The molecule has 4 heteroatoms. The van der Waals surface area contributed by atoms with E-state index < -0.39 is 6.09 Å². The highest BCUT2D eigenvalue weighted by molar-refractivity contribution is 5.88. The summed E-state index contributed by atoms with van der Waals surface area (Å²) in [5.41, 5.74) is 1.42. The van der Waals surface area contributed by atoms with Gasteiger partial charge in [0.1, 0.15) is 11.4 Å². The van der Waals surface area contributed by atoms with E-state index in [4.69, 9.17) is 9.84 Å². The second kappa shape index (κ2) is 3.40. The molecule has 1 N–H and O–H groups in total. The SMILES string of the molecule is CN(C(=O)O)c1cccc2c1OC(C)(C)C2. The van der Waals surface area contributed by atoms with Crippen LogP contribution in [-0.2, 0) is 6.42 Å². The zero-order chi connectivity index (χ0) is 11.9. The summed E-state index contributed by atoms with van der Waals surface area (Å²) in [6.07, 6.45) is -0.175. The van der Waals surface area contributed by atoms with Crippen LogP contribution in [0.2, 0.25) is 0 Å². The van der Waals surface area contributed by atoms with Crippen molar-refractivity contribution in [1.82, 2.24) is 0 Å². The van der Waals surface area contributed by atoms with E-state index in [-0.39, 0.29) is 5.60 Å². The van der Waals surface area contributed by atoms with Crippen LogP contribution in [0.5, 0.6) is 5.75 Å². The highest BCUT2D eigenvalue weighted by Crippen LogP contribution is 2.41. The van der Waals surface area contributed by atoms with Crippen LogP contribution in [0.1, 0.15) is 19.4 Å². The standard InChI is InChI=1S/C12H15NO3/c1-12(2)7-8-5-4-6-9(10(8)16-12)13(3)11(14)15/h4-6H,7H2,1-3H3,(H,14,15). The fourth-order valence-corrected chi connectivity index (χ4v) is 1.97. The van der Waals surface area contributed by atoms with Crippen molar-refractivity contribution in [3.8, 4) is 5.75 Å². The molecule has 16 heavy (non-hydrogen) atoms. The predicted octanol–water partition coefficient (Wildman–Crippen LogP) is 2.51. The van der Waals surface area contributed by atoms with E-state index in [0.29, 0.717) is 11.4 Å². The molecule has 4 nitrogen and oxygen atoms in total. The van der Waals surface area contributed by atoms with Gasteiger partial charge in [-0.3, -0.25) is 4.90 Å². The van der Waals surface area contributed by atoms with Crippen molar-refractivity contribution < 1.29 is 14.6 Å². The van der Waals surface area contributed by atoms with Gasteiger partial charge in [0.25, 0.3) is 0 Å². The Kier molecular flexibility index (Phi) is 2.30. The maximum Gasteiger partial charge on any atom is 0.411 e. The number of anilines is 1. The molecule has 0 bridgehead atoms. The Bertz CT molecular complexity index is 440. The third-order valence-electron chi connectivity index (χ3n) is 2.72. The lowest BCUT2D eigenvalue weighted by Crippen LogP contribution is -2.27. The number of carboxylic acid groups (broad SMARTS) is 1. The van der Waals surface area contributed by atoms with Crippen LogP contribution in [0.15, 0.2) is 18.2 Å². The predicted molar refractivity (Wildman–Crippen MR) is 61.3 cm³/mol. The number of benzene rings is 1. The summed E-state index contributed by atoms with van der Waals surface area (Å²) in [6, 6.07) is 5.59. The minimum atomic E-state index is -0.985. The monoisotopic (exact) mass is 221 g/mol. The van der Waals surface area contributed by atoms with Crippen molar-refractivity contribution in [3.63, 3.8) is 0 Å². The van der Waals surface area contributed by atoms with E-state index >= 15 is 0 Å². The van der Waals surface area contributed by atoms with Gasteiger partial charge in [-0.25, -0.2) is 4.79 Å². The number of carbonyl (C=O) groups is 1. The van der Waals surface area contributed by atoms with Gasteiger partial charge >= 0.3 is 6.09 Å². The Balaban J connectivity index is 2.45. The quantitative estimate of drug-likeness (QED) is 0.792. The molecule has 0 saturated carbocycles. The van der Waals surface area contributed by atoms with Crippen LogP contribution in [0.3, 0.4) is 0 Å². The Hall–Kier alpha value is -1.71. The molecule has 1 aromatic carbocycles. The molecule has 86 valence electrons. The van der Waals surface area contributed by atoms with Gasteiger partial charge in [-0.05, 0) is 19.9 Å². The lowest BCUT2D eigenvalue weighted by Gasteiger charge is -2.20. The lowest BCUT2D eigenvalue weighted by molar-refractivity contribution is 0.138. The van der Waals surface area contributed by atoms with Crippen molar-refractivity contribution in [2.24, 2.45) is 0 Å². The van der Waals surface area contributed by atoms with Crippen molar-refractivity contribution in [2.75, 3.05) is 11.9 Å². The van der Waals surface area contributed by atoms with Crippen molar-refractivity contribution in [2.45, 2.75) is 25.9 Å². The second-order valence-corrected chi connectivity index (χ2v) is 4.65. The number of fused-ring (bicyclic) bond motifs is 1. The van der Waals surface area contributed by atoms with Gasteiger partial charge < -0.3 is 9.84 Å². The van der Waals surface area contributed by atoms with Gasteiger partial charge in [-0.1, -0.05) is 12.1 Å². The van der Waals surface area contributed by atoms with Crippen LogP contribution >= 0.6 is 0 Å². The van der Waals surface area contributed by atoms with E-state index in [2.05, 4.69) is 0 Å². The van der Waals surface area contributed by atoms with Crippen LogP contribution < -0.4 is 9.64 Å². The molecular formula is C12H15NO3. The summed E-state index contributed by atoms with van der Waals surface area (Å²) in [6.45, 7) is 4.00. The average Bonchev–Trinajstić information content (AvgIpc) is 2.49. The lowest BCUT2D eigenvalue weighted by atomic mass is 10.0. The largest absolute Gasteiger partial charge is 0.485 e. The van der Waals surface area contributed by atoms with Crippen molar-refractivity contribution >= 4 is 11.8 Å². The molecule has 0 fully saturated rings. The second-order valence-electron chi connectivity index (χ2n) is 4.65. The molecule has 0 spiro atoms. The average molecular weight is 221 g/mol. The third-order valence-corrected chi connectivity index (χ3v) is 2.72. The number of para-hydroxylation sites is 1. The summed E-state index contributed by atoms with van der Waals surface area (Å²) in [5.74, 6) is 0.692. The highest BCUT2D eigenvalue weighted by atomic mass is 16.5. The first kappa shape index (κ1) is 10.8. The zero-order valence-electron chi connectivity index (χ0n) is 9.65. The number of rotatable bonds is 1. The summed E-state index contributed by atoms with van der Waals surface area (Å²) >= 11 is 0. The van der Waals surface area contributed by atoms with E-state index in [0.717, 1.165) is 12.0 Å². The molecule has 1 aromatic rings. The number of amides is 1. The van der Waals surface area contributed by atoms with Gasteiger partial charge in [0.2, 0.25) is 0 Å². The molecular weight excluding hydrogens is 206 g/mol. The molecule has 0 aliphatic carbocycles. The molecule has 1 aliphatic rings. The van der Waals surface area contributed by atoms with E-state index in [1.165, 1.54) is 11.9 Å². The van der Waals surface area contributed by atoms with Crippen LogP contribution in [0.25, 0.3) is 0 Å². The Morgan fingerprint density at radius 1 is 1.50 bits per heavy atom. The number of ether oxygens (including phenoxy) is 1. The Morgan fingerprint density at radius 3 is 2.81 bits per heavy atom. The Morgan fingerprint density at radius 2 is 2.19 bits per heavy atom. The maximum absolute atomic E-state index is 10.9. The molecule has 0 saturated heterocycles. The van der Waals surface area contributed by atoms with Gasteiger partial charge in [-0.2, -0.15) is 0 Å². The van der Waals surface area contributed by atoms with E-state index in [1.54, 1.807) is 6.07 Å². The fourth-order valence-electron chi connectivity index (χ4n) is 1.97. The molecule has 0 aromatic heterocycles. The Labute approximate surface area is 94.4 Å². The zero-order valence-corrected chi connectivity index (χ0v) is 9.65. The minimum Gasteiger partial charge on any atom is -0.485 e. The molecule has 0 unspecified atom stereocenters. The minimum absolute atomic E-state index is 0.252. The van der Waals surface area contributed by atoms with E-state index in [9.17, 15) is 4.79 Å². The summed E-state index contributed by atoms with van der Waals surface area (Å²) in [7, 11) is 1.52. The normalized spacial score (nSPS) is 16.4. The van der Waals surface area contributed by atoms with Gasteiger partial charge in [0, 0.05) is 19.0 Å². The number of nitrogens with zero attached hydrogens (tertiary/aromatic N) is 1.